The van der Waals surface area contributed by atoms with Gasteiger partial charge in [0.2, 0.25) is 5.91 Å². The van der Waals surface area contributed by atoms with Crippen LogP contribution >= 0.6 is 0 Å². The maximum Gasteiger partial charge on any atom is 0.292 e. The standard InChI is InChI=1S/C21H25N3O4/c1-28-11-12-8-19(25)24-18-9-13(6-7-14(12)18)23-21(27)20(26)16-10-22-17-5-3-2-4-15(16)17/h2-5,10,12-14,18,22H,6-9,11H2,1H3,(H,23,27)(H,24,25). The van der Waals surface area contributed by atoms with Crippen molar-refractivity contribution in [3.05, 3.63) is 36.0 Å². The van der Waals surface area contributed by atoms with Gasteiger partial charge in [0.05, 0.1) is 5.56 Å². The van der Waals surface area contributed by atoms with Gasteiger partial charge in [0.15, 0.2) is 0 Å². The van der Waals surface area contributed by atoms with Crippen molar-refractivity contribution in [3.8, 4) is 0 Å². The molecule has 3 N–H and O–H groups in total. The predicted octanol–water partition coefficient (Wildman–Crippen LogP) is 1.79. The van der Waals surface area contributed by atoms with Crippen LogP contribution in [0, 0.1) is 11.8 Å². The zero-order valence-electron chi connectivity index (χ0n) is 15.9. The lowest BCUT2D eigenvalue weighted by Crippen LogP contribution is -2.56. The summed E-state index contributed by atoms with van der Waals surface area (Å²) in [6.07, 6.45) is 4.41. The van der Waals surface area contributed by atoms with E-state index in [1.54, 1.807) is 13.3 Å². The first kappa shape index (κ1) is 18.7. The summed E-state index contributed by atoms with van der Waals surface area (Å²) in [6, 6.07) is 7.31. The van der Waals surface area contributed by atoms with Gasteiger partial charge in [-0.3, -0.25) is 14.4 Å². The molecular weight excluding hydrogens is 358 g/mol. The SMILES string of the molecule is COCC1CC(=O)NC2CC(NC(=O)C(=O)c3c[nH]c4ccccc34)CCC12. The average molecular weight is 383 g/mol. The first-order valence-electron chi connectivity index (χ1n) is 9.76. The molecule has 2 aliphatic rings. The summed E-state index contributed by atoms with van der Waals surface area (Å²) >= 11 is 0. The molecule has 0 spiro atoms. The zero-order chi connectivity index (χ0) is 19.7. The molecule has 2 fully saturated rings. The summed E-state index contributed by atoms with van der Waals surface area (Å²) in [6.45, 7) is 0.574. The Hall–Kier alpha value is -2.67. The normalized spacial score (nSPS) is 27.1. The third-order valence-corrected chi connectivity index (χ3v) is 6.06. The number of hydrogen-bond donors (Lipinski definition) is 3. The fraction of sp³-hybridized carbons (Fsp3) is 0.476. The van der Waals surface area contributed by atoms with Crippen molar-refractivity contribution in [2.45, 2.75) is 37.8 Å². The number of rotatable bonds is 5. The van der Waals surface area contributed by atoms with Gasteiger partial charge < -0.3 is 20.4 Å². The molecule has 2 amide bonds. The Morgan fingerprint density at radius 1 is 1.25 bits per heavy atom. The van der Waals surface area contributed by atoms with Crippen LogP contribution in [0.5, 0.6) is 0 Å². The highest BCUT2D eigenvalue weighted by molar-refractivity contribution is 6.45. The van der Waals surface area contributed by atoms with Crippen molar-refractivity contribution < 1.29 is 19.1 Å². The summed E-state index contributed by atoms with van der Waals surface area (Å²) in [5, 5.41) is 6.68. The van der Waals surface area contributed by atoms with E-state index >= 15 is 0 Å². The molecule has 7 nitrogen and oxygen atoms in total. The molecule has 7 heteroatoms. The molecule has 4 atom stereocenters. The van der Waals surface area contributed by atoms with E-state index in [-0.39, 0.29) is 23.9 Å². The van der Waals surface area contributed by atoms with Gasteiger partial charge in [-0.05, 0) is 37.2 Å². The van der Waals surface area contributed by atoms with Crippen molar-refractivity contribution in [3.63, 3.8) is 0 Å². The molecule has 1 aromatic heterocycles. The first-order valence-corrected chi connectivity index (χ1v) is 9.76. The van der Waals surface area contributed by atoms with Crippen LogP contribution in [0.25, 0.3) is 10.9 Å². The third kappa shape index (κ3) is 3.54. The lowest BCUT2D eigenvalue weighted by Gasteiger charge is -2.43. The molecule has 1 aliphatic heterocycles. The number of fused-ring (bicyclic) bond motifs is 2. The van der Waals surface area contributed by atoms with Crippen LogP contribution in [0.4, 0.5) is 0 Å². The zero-order valence-corrected chi connectivity index (χ0v) is 15.9. The van der Waals surface area contributed by atoms with Crippen LogP contribution in [-0.4, -0.2) is 48.4 Å². The second-order valence-corrected chi connectivity index (χ2v) is 7.82. The Labute approximate surface area is 163 Å². The maximum absolute atomic E-state index is 12.6. The summed E-state index contributed by atoms with van der Waals surface area (Å²) in [5.41, 5.74) is 1.21. The van der Waals surface area contributed by atoms with Gasteiger partial charge in [-0.25, -0.2) is 0 Å². The van der Waals surface area contributed by atoms with E-state index in [9.17, 15) is 14.4 Å². The second kappa shape index (κ2) is 7.75. The highest BCUT2D eigenvalue weighted by Crippen LogP contribution is 2.35. The number of aromatic amines is 1. The number of methoxy groups -OCH3 is 1. The number of Topliss-reactive ketones (excluding diaryl/α,β-unsaturated/α-hetero) is 1. The minimum Gasteiger partial charge on any atom is -0.384 e. The molecule has 148 valence electrons. The smallest absolute Gasteiger partial charge is 0.292 e. The largest absolute Gasteiger partial charge is 0.384 e. The van der Waals surface area contributed by atoms with E-state index in [4.69, 9.17) is 4.74 Å². The third-order valence-electron chi connectivity index (χ3n) is 6.06. The van der Waals surface area contributed by atoms with Crippen LogP contribution in [0.15, 0.2) is 30.5 Å². The molecular formula is C21H25N3O4. The Morgan fingerprint density at radius 3 is 2.89 bits per heavy atom. The fourth-order valence-corrected chi connectivity index (χ4v) is 4.74. The van der Waals surface area contributed by atoms with Crippen molar-refractivity contribution in [2.24, 2.45) is 11.8 Å². The first-order chi connectivity index (χ1) is 13.6. The van der Waals surface area contributed by atoms with Gasteiger partial charge >= 0.3 is 0 Å². The number of ketones is 1. The minimum absolute atomic E-state index is 0.0173. The monoisotopic (exact) mass is 383 g/mol. The number of ether oxygens (including phenoxy) is 1. The molecule has 4 unspecified atom stereocenters. The van der Waals surface area contributed by atoms with Crippen molar-refractivity contribution in [1.82, 2.24) is 15.6 Å². The summed E-state index contributed by atoms with van der Waals surface area (Å²) in [7, 11) is 1.66. The van der Waals surface area contributed by atoms with E-state index in [1.165, 1.54) is 0 Å². The van der Waals surface area contributed by atoms with Gasteiger partial charge in [-0.15, -0.1) is 0 Å². The van der Waals surface area contributed by atoms with Crippen LogP contribution < -0.4 is 10.6 Å². The van der Waals surface area contributed by atoms with Crippen LogP contribution in [-0.2, 0) is 14.3 Å². The number of piperidine rings is 1. The van der Waals surface area contributed by atoms with Crippen LogP contribution in [0.1, 0.15) is 36.0 Å². The number of hydrogen-bond acceptors (Lipinski definition) is 4. The van der Waals surface area contributed by atoms with E-state index in [2.05, 4.69) is 15.6 Å². The number of aromatic nitrogens is 1. The molecule has 1 saturated carbocycles. The van der Waals surface area contributed by atoms with Crippen molar-refractivity contribution >= 4 is 28.5 Å². The maximum atomic E-state index is 12.6. The Morgan fingerprint density at radius 2 is 2.07 bits per heavy atom. The van der Waals surface area contributed by atoms with E-state index < -0.39 is 11.7 Å². The Kier molecular flexibility index (Phi) is 5.17. The van der Waals surface area contributed by atoms with Gasteiger partial charge in [0.1, 0.15) is 0 Å². The summed E-state index contributed by atoms with van der Waals surface area (Å²) in [4.78, 5) is 40.2. The molecule has 1 saturated heterocycles. The average Bonchev–Trinajstić information content (AvgIpc) is 3.11. The number of carbonyl (C=O) groups excluding carboxylic acids is 3. The van der Waals surface area contributed by atoms with Gasteiger partial charge in [-0.2, -0.15) is 0 Å². The minimum atomic E-state index is -0.594. The highest BCUT2D eigenvalue weighted by Gasteiger charge is 2.41. The van der Waals surface area contributed by atoms with Crippen LogP contribution in [0.2, 0.25) is 0 Å². The molecule has 28 heavy (non-hydrogen) atoms. The van der Waals surface area contributed by atoms with E-state index in [0.29, 0.717) is 30.9 Å². The quantitative estimate of drug-likeness (QED) is 0.541. The number of benzene rings is 1. The number of nitrogens with one attached hydrogen (secondary N) is 3. The van der Waals surface area contributed by atoms with Crippen LogP contribution in [0.3, 0.4) is 0 Å². The van der Waals surface area contributed by atoms with Gasteiger partial charge in [0, 0.05) is 49.3 Å². The lowest BCUT2D eigenvalue weighted by molar-refractivity contribution is -0.128. The number of para-hydroxylation sites is 1. The van der Waals surface area contributed by atoms with Crippen molar-refractivity contribution in [1.29, 1.82) is 0 Å². The lowest BCUT2D eigenvalue weighted by atomic mass is 9.71. The molecule has 1 aromatic carbocycles. The topological polar surface area (TPSA) is 100 Å². The molecule has 2 heterocycles. The number of amides is 2. The summed E-state index contributed by atoms with van der Waals surface area (Å²) < 4.78 is 5.28. The van der Waals surface area contributed by atoms with E-state index in [1.807, 2.05) is 24.3 Å². The molecule has 2 aromatic rings. The predicted molar refractivity (Wildman–Crippen MR) is 104 cm³/mol. The Balaban J connectivity index is 1.41. The fourth-order valence-electron chi connectivity index (χ4n) is 4.74. The molecule has 1 aliphatic carbocycles. The Bertz CT molecular complexity index is 906. The number of carbonyl (C=O) groups is 3. The van der Waals surface area contributed by atoms with Gasteiger partial charge in [-0.1, -0.05) is 18.2 Å². The molecule has 0 radical (unpaired) electrons. The number of H-pyrrole nitrogens is 1. The van der Waals surface area contributed by atoms with Crippen molar-refractivity contribution in [2.75, 3.05) is 13.7 Å². The highest BCUT2D eigenvalue weighted by atomic mass is 16.5. The van der Waals surface area contributed by atoms with Gasteiger partial charge in [0.25, 0.3) is 11.7 Å². The second-order valence-electron chi connectivity index (χ2n) is 7.82. The molecule has 4 rings (SSSR count). The van der Waals surface area contributed by atoms with E-state index in [0.717, 1.165) is 23.7 Å². The molecule has 0 bridgehead atoms. The summed E-state index contributed by atoms with van der Waals surface area (Å²) in [5.74, 6) is -0.526.